The van der Waals surface area contributed by atoms with Gasteiger partial charge in [0, 0.05) is 13.2 Å². The molecule has 1 fully saturated rings. The fraction of sp³-hybridized carbons (Fsp3) is 0.846. The molecule has 1 aromatic heterocycles. The minimum atomic E-state index is -0.0116. The summed E-state index contributed by atoms with van der Waals surface area (Å²) in [6, 6.07) is 0.419. The molecule has 0 aliphatic heterocycles. The average Bonchev–Trinajstić information content (AvgIpc) is 3.19. The number of hydrogen-bond acceptors (Lipinski definition) is 6. The monoisotopic (exact) mass is 313 g/mol. The first-order valence-electron chi connectivity index (χ1n) is 7.30. The molecule has 0 bridgehead atoms. The maximum atomic E-state index is 11.9. The average molecular weight is 313 g/mol. The van der Waals surface area contributed by atoms with Crippen molar-refractivity contribution in [3.05, 3.63) is 0 Å². The molecule has 118 valence electrons. The van der Waals surface area contributed by atoms with Crippen molar-refractivity contribution in [1.29, 1.82) is 0 Å². The molecule has 0 unspecified atom stereocenters. The minimum Gasteiger partial charge on any atom is -0.396 e. The van der Waals surface area contributed by atoms with E-state index in [-0.39, 0.29) is 17.9 Å². The van der Waals surface area contributed by atoms with Gasteiger partial charge >= 0.3 is 0 Å². The molecule has 2 N–H and O–H groups in total. The quantitative estimate of drug-likeness (QED) is 0.661. The number of carbonyl (C=O) groups excluding carboxylic acids is 1. The fourth-order valence-electron chi connectivity index (χ4n) is 1.99. The van der Waals surface area contributed by atoms with E-state index in [2.05, 4.69) is 34.7 Å². The lowest BCUT2D eigenvalue weighted by Crippen LogP contribution is -2.35. The highest BCUT2D eigenvalue weighted by atomic mass is 32.2. The Kier molecular flexibility index (Phi) is 5.58. The molecule has 7 nitrogen and oxygen atoms in total. The van der Waals surface area contributed by atoms with Crippen LogP contribution in [0.25, 0.3) is 0 Å². The molecular weight excluding hydrogens is 290 g/mol. The molecule has 0 spiro atoms. The molecule has 0 atom stereocenters. The molecule has 2 rings (SSSR count). The summed E-state index contributed by atoms with van der Waals surface area (Å²) in [5.74, 6) is 0.311. The molecule has 1 amide bonds. The normalized spacial score (nSPS) is 15.2. The molecule has 1 aliphatic rings. The standard InChI is InChI=1S/C13H23N5O2S/c1-13(2,6-3-7-19)9-14-11(20)8-21-12-15-16-17-18(12)10-4-5-10/h10,19H,3-9H2,1-2H3,(H,14,20). The van der Waals surface area contributed by atoms with Crippen molar-refractivity contribution in [3.63, 3.8) is 0 Å². The Morgan fingerprint density at radius 2 is 2.29 bits per heavy atom. The van der Waals surface area contributed by atoms with Gasteiger partial charge in [0.1, 0.15) is 0 Å². The van der Waals surface area contributed by atoms with Crippen LogP contribution in [0.2, 0.25) is 0 Å². The molecule has 1 aliphatic carbocycles. The third kappa shape index (κ3) is 5.28. The van der Waals surface area contributed by atoms with Gasteiger partial charge in [0.25, 0.3) is 0 Å². The van der Waals surface area contributed by atoms with Crippen LogP contribution < -0.4 is 5.32 Å². The zero-order valence-electron chi connectivity index (χ0n) is 12.6. The van der Waals surface area contributed by atoms with Crippen molar-refractivity contribution in [2.45, 2.75) is 50.7 Å². The zero-order chi connectivity index (χ0) is 15.3. The van der Waals surface area contributed by atoms with Crippen LogP contribution in [-0.4, -0.2) is 50.1 Å². The van der Waals surface area contributed by atoms with E-state index in [1.54, 1.807) is 0 Å². The lowest BCUT2D eigenvalue weighted by molar-refractivity contribution is -0.119. The highest BCUT2D eigenvalue weighted by molar-refractivity contribution is 7.99. The molecule has 0 aromatic carbocycles. The number of nitrogens with one attached hydrogen (secondary N) is 1. The second-order valence-electron chi connectivity index (χ2n) is 6.19. The Morgan fingerprint density at radius 1 is 1.52 bits per heavy atom. The first kappa shape index (κ1) is 16.2. The first-order valence-corrected chi connectivity index (χ1v) is 8.28. The number of tetrazole rings is 1. The SMILES string of the molecule is CC(C)(CCCO)CNC(=O)CSc1nnnn1C1CC1. The zero-order valence-corrected chi connectivity index (χ0v) is 13.4. The summed E-state index contributed by atoms with van der Waals surface area (Å²) in [5.41, 5.74) is -0.00134. The van der Waals surface area contributed by atoms with Crippen molar-refractivity contribution in [3.8, 4) is 0 Å². The van der Waals surface area contributed by atoms with Crippen molar-refractivity contribution in [1.82, 2.24) is 25.5 Å². The number of aliphatic hydroxyl groups excluding tert-OH is 1. The van der Waals surface area contributed by atoms with Crippen LogP contribution >= 0.6 is 11.8 Å². The highest BCUT2D eigenvalue weighted by Crippen LogP contribution is 2.36. The number of aliphatic hydroxyl groups is 1. The molecule has 8 heteroatoms. The van der Waals surface area contributed by atoms with E-state index in [1.807, 2.05) is 4.68 Å². The van der Waals surface area contributed by atoms with Gasteiger partial charge in [0.05, 0.1) is 11.8 Å². The predicted molar refractivity (Wildman–Crippen MR) is 79.9 cm³/mol. The van der Waals surface area contributed by atoms with Crippen molar-refractivity contribution >= 4 is 17.7 Å². The van der Waals surface area contributed by atoms with Gasteiger partial charge in [-0.05, 0) is 41.5 Å². The van der Waals surface area contributed by atoms with Gasteiger partial charge in [-0.2, -0.15) is 0 Å². The smallest absolute Gasteiger partial charge is 0.230 e. The summed E-state index contributed by atoms with van der Waals surface area (Å²) in [4.78, 5) is 11.9. The number of hydrogen-bond donors (Lipinski definition) is 2. The summed E-state index contributed by atoms with van der Waals surface area (Å²) in [5, 5.41) is 24.1. The summed E-state index contributed by atoms with van der Waals surface area (Å²) in [6.45, 7) is 4.98. The van der Waals surface area contributed by atoms with Gasteiger partial charge in [-0.15, -0.1) is 5.10 Å². The van der Waals surface area contributed by atoms with Crippen LogP contribution in [-0.2, 0) is 4.79 Å². The molecule has 1 heterocycles. The van der Waals surface area contributed by atoms with Gasteiger partial charge < -0.3 is 10.4 Å². The fourth-order valence-corrected chi connectivity index (χ4v) is 2.77. The van der Waals surface area contributed by atoms with E-state index in [4.69, 9.17) is 5.11 Å². The minimum absolute atomic E-state index is 0.00134. The number of amides is 1. The van der Waals surface area contributed by atoms with Gasteiger partial charge in [-0.3, -0.25) is 4.79 Å². The number of carbonyl (C=O) groups is 1. The number of aromatic nitrogens is 4. The maximum Gasteiger partial charge on any atom is 0.230 e. The van der Waals surface area contributed by atoms with Gasteiger partial charge in [-0.25, -0.2) is 4.68 Å². The van der Waals surface area contributed by atoms with E-state index in [0.717, 1.165) is 25.7 Å². The largest absolute Gasteiger partial charge is 0.396 e. The number of nitrogens with zero attached hydrogens (tertiary/aromatic N) is 4. The topological polar surface area (TPSA) is 92.9 Å². The van der Waals surface area contributed by atoms with Crippen molar-refractivity contribution in [2.75, 3.05) is 18.9 Å². The summed E-state index contributed by atoms with van der Waals surface area (Å²) in [6.07, 6.45) is 3.87. The van der Waals surface area contributed by atoms with Crippen molar-refractivity contribution in [2.24, 2.45) is 5.41 Å². The third-order valence-electron chi connectivity index (χ3n) is 3.46. The number of thioether (sulfide) groups is 1. The maximum absolute atomic E-state index is 11.9. The lowest BCUT2D eigenvalue weighted by Gasteiger charge is -2.24. The van der Waals surface area contributed by atoms with Gasteiger partial charge in [0.15, 0.2) is 0 Å². The molecule has 1 aromatic rings. The van der Waals surface area contributed by atoms with Gasteiger partial charge in [-0.1, -0.05) is 25.6 Å². The Bertz CT molecular complexity index is 473. The molecular formula is C13H23N5O2S. The highest BCUT2D eigenvalue weighted by Gasteiger charge is 2.28. The van der Waals surface area contributed by atoms with E-state index < -0.39 is 0 Å². The van der Waals surface area contributed by atoms with Crippen LogP contribution in [0, 0.1) is 5.41 Å². The van der Waals surface area contributed by atoms with Gasteiger partial charge in [0.2, 0.25) is 11.1 Å². The lowest BCUT2D eigenvalue weighted by atomic mass is 9.88. The van der Waals surface area contributed by atoms with Crippen LogP contribution in [0.5, 0.6) is 0 Å². The van der Waals surface area contributed by atoms with Crippen LogP contribution in [0.1, 0.15) is 45.6 Å². The van der Waals surface area contributed by atoms with E-state index in [0.29, 0.717) is 23.5 Å². The molecule has 0 radical (unpaired) electrons. The molecule has 21 heavy (non-hydrogen) atoms. The Morgan fingerprint density at radius 3 is 2.95 bits per heavy atom. The summed E-state index contributed by atoms with van der Waals surface area (Å²) in [7, 11) is 0. The van der Waals surface area contributed by atoms with E-state index >= 15 is 0 Å². The summed E-state index contributed by atoms with van der Waals surface area (Å²) < 4.78 is 1.81. The Hall–Kier alpha value is -1.15. The Balaban J connectivity index is 1.71. The predicted octanol–water partition coefficient (Wildman–Crippen LogP) is 1.01. The second kappa shape index (κ2) is 7.22. The van der Waals surface area contributed by atoms with Crippen LogP contribution in [0.4, 0.5) is 0 Å². The number of rotatable bonds is 9. The second-order valence-corrected chi connectivity index (χ2v) is 7.14. The molecule has 0 saturated heterocycles. The van der Waals surface area contributed by atoms with Crippen LogP contribution in [0.15, 0.2) is 5.16 Å². The van der Waals surface area contributed by atoms with E-state index in [1.165, 1.54) is 11.8 Å². The first-order chi connectivity index (χ1) is 10.0. The third-order valence-corrected chi connectivity index (χ3v) is 4.40. The summed E-state index contributed by atoms with van der Waals surface area (Å²) >= 11 is 1.37. The van der Waals surface area contributed by atoms with E-state index in [9.17, 15) is 4.79 Å². The molecule has 1 saturated carbocycles. The van der Waals surface area contributed by atoms with Crippen molar-refractivity contribution < 1.29 is 9.90 Å². The Labute approximate surface area is 128 Å². The van der Waals surface area contributed by atoms with Crippen LogP contribution in [0.3, 0.4) is 0 Å².